The lowest BCUT2D eigenvalue weighted by Crippen LogP contribution is -2.33. The maximum Gasteiger partial charge on any atom is 0.120 e. The number of rotatable bonds is 6. The molecule has 0 atom stereocenters. The second-order valence-electron chi connectivity index (χ2n) is 6.44. The molecular formula is C16H27NO. The first-order valence-electron chi connectivity index (χ1n) is 7.35. The quantitative estimate of drug-likeness (QED) is 0.814. The Hall–Kier alpha value is -0.760. The van der Waals surface area contributed by atoms with Gasteiger partial charge in [-0.15, -0.1) is 0 Å². The zero-order valence-electron chi connectivity index (χ0n) is 12.1. The van der Waals surface area contributed by atoms with Crippen LogP contribution in [0.2, 0.25) is 0 Å². The van der Waals surface area contributed by atoms with Gasteiger partial charge < -0.3 is 9.73 Å². The Morgan fingerprint density at radius 2 is 2.06 bits per heavy atom. The molecule has 2 rings (SSSR count). The summed E-state index contributed by atoms with van der Waals surface area (Å²) in [5, 5.41) is 3.62. The predicted octanol–water partition coefficient (Wildman–Crippen LogP) is 4.28. The highest BCUT2D eigenvalue weighted by Gasteiger charge is 2.33. The van der Waals surface area contributed by atoms with E-state index in [9.17, 15) is 0 Å². The second-order valence-corrected chi connectivity index (χ2v) is 6.44. The summed E-state index contributed by atoms with van der Waals surface area (Å²) in [5.41, 5.74) is 1.81. The fourth-order valence-corrected chi connectivity index (χ4v) is 3.47. The molecular weight excluding hydrogens is 222 g/mol. The van der Waals surface area contributed by atoms with Crippen LogP contribution in [0.3, 0.4) is 0 Å². The molecule has 0 aromatic carbocycles. The summed E-state index contributed by atoms with van der Waals surface area (Å²) in [7, 11) is 0. The molecule has 0 unspecified atom stereocenters. The fourth-order valence-electron chi connectivity index (χ4n) is 3.47. The molecule has 1 aliphatic carbocycles. The van der Waals surface area contributed by atoms with Crippen LogP contribution >= 0.6 is 0 Å². The molecule has 0 aliphatic heterocycles. The van der Waals surface area contributed by atoms with Gasteiger partial charge in [0.25, 0.3) is 0 Å². The number of nitrogens with one attached hydrogen (secondary N) is 1. The van der Waals surface area contributed by atoms with E-state index in [4.69, 9.17) is 4.42 Å². The Morgan fingerprint density at radius 1 is 1.33 bits per heavy atom. The van der Waals surface area contributed by atoms with Crippen molar-refractivity contribution in [3.63, 3.8) is 0 Å². The number of hydrogen-bond acceptors (Lipinski definition) is 2. The van der Waals surface area contributed by atoms with E-state index in [0.717, 1.165) is 24.8 Å². The van der Waals surface area contributed by atoms with E-state index in [1.807, 2.05) is 6.07 Å². The lowest BCUT2D eigenvalue weighted by atomic mass is 9.78. The van der Waals surface area contributed by atoms with Gasteiger partial charge in [-0.25, -0.2) is 0 Å². The summed E-state index contributed by atoms with van der Waals surface area (Å²) in [6.07, 6.45) is 8.76. The smallest absolute Gasteiger partial charge is 0.120 e. The van der Waals surface area contributed by atoms with Gasteiger partial charge in [0.1, 0.15) is 5.76 Å². The summed E-state index contributed by atoms with van der Waals surface area (Å²) in [5.74, 6) is 1.89. The first kappa shape index (κ1) is 13.7. The van der Waals surface area contributed by atoms with Gasteiger partial charge in [-0.3, -0.25) is 0 Å². The summed E-state index contributed by atoms with van der Waals surface area (Å²) in [4.78, 5) is 0. The molecule has 0 spiro atoms. The van der Waals surface area contributed by atoms with Crippen molar-refractivity contribution in [3.05, 3.63) is 23.7 Å². The highest BCUT2D eigenvalue weighted by molar-refractivity contribution is 5.14. The Morgan fingerprint density at radius 3 is 2.61 bits per heavy atom. The normalized spacial score (nSPS) is 18.7. The Bertz CT molecular complexity index is 361. The van der Waals surface area contributed by atoms with E-state index in [0.29, 0.717) is 5.41 Å². The van der Waals surface area contributed by atoms with Crippen LogP contribution in [0.25, 0.3) is 0 Å². The number of furan rings is 1. The first-order valence-corrected chi connectivity index (χ1v) is 7.35. The summed E-state index contributed by atoms with van der Waals surface area (Å²) >= 11 is 0. The maximum absolute atomic E-state index is 5.48. The largest absolute Gasteiger partial charge is 0.468 e. The molecule has 102 valence electrons. The van der Waals surface area contributed by atoms with Crippen LogP contribution < -0.4 is 5.32 Å². The summed E-state index contributed by atoms with van der Waals surface area (Å²) < 4.78 is 5.48. The van der Waals surface area contributed by atoms with Crippen LogP contribution in [0.5, 0.6) is 0 Å². The highest BCUT2D eigenvalue weighted by Crippen LogP contribution is 2.42. The fraction of sp³-hybridized carbons (Fsp3) is 0.750. The van der Waals surface area contributed by atoms with Gasteiger partial charge in [0, 0.05) is 6.54 Å². The van der Waals surface area contributed by atoms with Crippen molar-refractivity contribution in [2.75, 3.05) is 6.54 Å². The molecule has 1 aromatic rings. The topological polar surface area (TPSA) is 25.2 Å². The standard InChI is InChI=1S/C16H27NO/c1-13(2)10-16(7-4-5-8-16)12-17-11-15-14(3)6-9-18-15/h6,9,13,17H,4-5,7-8,10-12H2,1-3H3. The molecule has 1 aliphatic rings. The van der Waals surface area contributed by atoms with Crippen molar-refractivity contribution in [2.45, 2.75) is 59.4 Å². The van der Waals surface area contributed by atoms with Crippen LogP contribution in [-0.4, -0.2) is 6.54 Å². The summed E-state index contributed by atoms with van der Waals surface area (Å²) in [6, 6.07) is 2.04. The molecule has 1 heterocycles. The SMILES string of the molecule is Cc1ccoc1CNCC1(CC(C)C)CCCC1. The van der Waals surface area contributed by atoms with Gasteiger partial charge >= 0.3 is 0 Å². The van der Waals surface area contributed by atoms with Gasteiger partial charge in [-0.1, -0.05) is 26.7 Å². The third-order valence-corrected chi connectivity index (χ3v) is 4.26. The molecule has 0 amide bonds. The van der Waals surface area contributed by atoms with E-state index in [1.54, 1.807) is 6.26 Å². The second kappa shape index (κ2) is 5.92. The van der Waals surface area contributed by atoms with Gasteiger partial charge in [0.05, 0.1) is 12.8 Å². The zero-order valence-corrected chi connectivity index (χ0v) is 12.1. The lowest BCUT2D eigenvalue weighted by molar-refractivity contribution is 0.221. The Labute approximate surface area is 111 Å². The van der Waals surface area contributed by atoms with Crippen LogP contribution in [0.1, 0.15) is 57.3 Å². The van der Waals surface area contributed by atoms with Crippen molar-refractivity contribution in [1.82, 2.24) is 5.32 Å². The van der Waals surface area contributed by atoms with Crippen molar-refractivity contribution < 1.29 is 4.42 Å². The van der Waals surface area contributed by atoms with Gasteiger partial charge in [0.15, 0.2) is 0 Å². The predicted molar refractivity (Wildman–Crippen MR) is 75.5 cm³/mol. The summed E-state index contributed by atoms with van der Waals surface area (Å²) in [6.45, 7) is 8.82. The minimum Gasteiger partial charge on any atom is -0.468 e. The average molecular weight is 249 g/mol. The molecule has 0 saturated heterocycles. The van der Waals surface area contributed by atoms with Crippen molar-refractivity contribution >= 4 is 0 Å². The van der Waals surface area contributed by atoms with Gasteiger partial charge in [-0.05, 0) is 49.1 Å². The monoisotopic (exact) mass is 249 g/mol. The Kier molecular flexibility index (Phi) is 4.50. The molecule has 0 radical (unpaired) electrons. The minimum atomic E-state index is 0.550. The van der Waals surface area contributed by atoms with Gasteiger partial charge in [0.2, 0.25) is 0 Å². The first-order chi connectivity index (χ1) is 8.61. The van der Waals surface area contributed by atoms with E-state index < -0.39 is 0 Å². The van der Waals surface area contributed by atoms with Crippen LogP contribution in [0.15, 0.2) is 16.7 Å². The van der Waals surface area contributed by atoms with Crippen molar-refractivity contribution in [2.24, 2.45) is 11.3 Å². The van der Waals surface area contributed by atoms with E-state index in [2.05, 4.69) is 26.1 Å². The number of hydrogen-bond donors (Lipinski definition) is 1. The lowest BCUT2D eigenvalue weighted by Gasteiger charge is -2.31. The van der Waals surface area contributed by atoms with Gasteiger partial charge in [-0.2, -0.15) is 0 Å². The van der Waals surface area contributed by atoms with E-state index in [-0.39, 0.29) is 0 Å². The van der Waals surface area contributed by atoms with Crippen LogP contribution in [0, 0.1) is 18.3 Å². The average Bonchev–Trinajstić information content (AvgIpc) is 2.89. The Balaban J connectivity index is 1.85. The van der Waals surface area contributed by atoms with Crippen molar-refractivity contribution in [1.29, 1.82) is 0 Å². The van der Waals surface area contributed by atoms with Crippen molar-refractivity contribution in [3.8, 4) is 0 Å². The molecule has 18 heavy (non-hydrogen) atoms. The van der Waals surface area contributed by atoms with E-state index >= 15 is 0 Å². The molecule has 0 bridgehead atoms. The molecule has 2 heteroatoms. The third-order valence-electron chi connectivity index (χ3n) is 4.26. The van der Waals surface area contributed by atoms with E-state index in [1.165, 1.54) is 37.7 Å². The number of aryl methyl sites for hydroxylation is 1. The molecule has 1 fully saturated rings. The molecule has 2 nitrogen and oxygen atoms in total. The van der Waals surface area contributed by atoms with Crippen LogP contribution in [-0.2, 0) is 6.54 Å². The third kappa shape index (κ3) is 3.38. The molecule has 1 aromatic heterocycles. The molecule has 1 saturated carbocycles. The maximum atomic E-state index is 5.48. The zero-order chi connectivity index (χ0) is 13.0. The molecule has 1 N–H and O–H groups in total. The van der Waals surface area contributed by atoms with Crippen LogP contribution in [0.4, 0.5) is 0 Å². The highest BCUT2D eigenvalue weighted by atomic mass is 16.3. The minimum absolute atomic E-state index is 0.550.